The van der Waals surface area contributed by atoms with Crippen molar-refractivity contribution in [1.82, 2.24) is 10.3 Å². The molecule has 11 heteroatoms. The average molecular weight is 573 g/mol. The number of rotatable bonds is 9. The number of hydrogen-bond donors (Lipinski definition) is 2. The summed E-state index contributed by atoms with van der Waals surface area (Å²) < 4.78 is 41.4. The number of aliphatic carboxylic acids is 1. The Kier molecular flexibility index (Phi) is 8.68. The molecular formula is C28H20ClF3N2O4S. The van der Waals surface area contributed by atoms with Gasteiger partial charge in [-0.05, 0) is 65.7 Å². The van der Waals surface area contributed by atoms with Crippen molar-refractivity contribution in [3.05, 3.63) is 105 Å². The predicted molar refractivity (Wildman–Crippen MR) is 144 cm³/mol. The van der Waals surface area contributed by atoms with Crippen LogP contribution in [0, 0.1) is 0 Å². The van der Waals surface area contributed by atoms with Gasteiger partial charge < -0.3 is 15.2 Å². The lowest BCUT2D eigenvalue weighted by molar-refractivity contribution is -0.274. The first-order chi connectivity index (χ1) is 18.6. The number of carboxylic acids is 1. The first-order valence-corrected chi connectivity index (χ1v) is 12.7. The first-order valence-electron chi connectivity index (χ1n) is 11.5. The van der Waals surface area contributed by atoms with Crippen LogP contribution in [0.5, 0.6) is 5.75 Å². The third-order valence-corrected chi connectivity index (χ3v) is 6.51. The molecule has 1 amide bonds. The molecule has 2 N–H and O–H groups in total. The zero-order valence-electron chi connectivity index (χ0n) is 20.0. The number of nitrogens with zero attached hydrogens (tertiary/aromatic N) is 1. The number of thiazole rings is 1. The highest BCUT2D eigenvalue weighted by Crippen LogP contribution is 2.33. The summed E-state index contributed by atoms with van der Waals surface area (Å²) in [7, 11) is 0. The maximum Gasteiger partial charge on any atom is 0.573 e. The van der Waals surface area contributed by atoms with Gasteiger partial charge in [0, 0.05) is 33.6 Å². The number of benzene rings is 3. The second-order valence-corrected chi connectivity index (χ2v) is 9.49. The summed E-state index contributed by atoms with van der Waals surface area (Å²) >= 11 is 7.45. The Bertz CT molecular complexity index is 1480. The molecule has 0 spiro atoms. The molecule has 0 aliphatic rings. The van der Waals surface area contributed by atoms with Crippen molar-refractivity contribution in [2.45, 2.75) is 12.8 Å². The SMILES string of the molecule is O=C(O)CCNC(=O)c1ccc(C=C(c2ccc(Cl)cc2)c2nc(-c3ccc(OC(F)(F)F)cc3)cs2)cc1. The second kappa shape index (κ2) is 12.1. The number of carboxylic acid groups (broad SMARTS) is 1. The van der Waals surface area contributed by atoms with Gasteiger partial charge in [0.2, 0.25) is 0 Å². The fraction of sp³-hybridized carbons (Fsp3) is 0.107. The molecule has 0 unspecified atom stereocenters. The van der Waals surface area contributed by atoms with Crippen LogP contribution < -0.4 is 10.1 Å². The van der Waals surface area contributed by atoms with Crippen LogP contribution in [0.2, 0.25) is 5.02 Å². The molecule has 0 atom stereocenters. The predicted octanol–water partition coefficient (Wildman–Crippen LogP) is 7.16. The van der Waals surface area contributed by atoms with Gasteiger partial charge in [-0.3, -0.25) is 9.59 Å². The van der Waals surface area contributed by atoms with E-state index in [0.717, 1.165) is 16.7 Å². The molecule has 39 heavy (non-hydrogen) atoms. The highest BCUT2D eigenvalue weighted by molar-refractivity contribution is 7.11. The summed E-state index contributed by atoms with van der Waals surface area (Å²) in [5, 5.41) is 14.3. The van der Waals surface area contributed by atoms with Gasteiger partial charge in [0.1, 0.15) is 10.8 Å². The molecule has 4 aromatic rings. The molecule has 1 heterocycles. The van der Waals surface area contributed by atoms with Crippen molar-refractivity contribution in [2.24, 2.45) is 0 Å². The average Bonchev–Trinajstić information content (AvgIpc) is 3.37. The van der Waals surface area contributed by atoms with Crippen molar-refractivity contribution in [3.63, 3.8) is 0 Å². The van der Waals surface area contributed by atoms with E-state index in [1.165, 1.54) is 35.6 Å². The highest BCUT2D eigenvalue weighted by atomic mass is 35.5. The van der Waals surface area contributed by atoms with Crippen LogP contribution in [0.25, 0.3) is 22.9 Å². The minimum atomic E-state index is -4.77. The lowest BCUT2D eigenvalue weighted by Crippen LogP contribution is -2.25. The number of ether oxygens (including phenoxy) is 1. The van der Waals surface area contributed by atoms with E-state index in [0.29, 0.717) is 26.9 Å². The summed E-state index contributed by atoms with van der Waals surface area (Å²) in [4.78, 5) is 27.6. The molecule has 6 nitrogen and oxygen atoms in total. The Morgan fingerprint density at radius 2 is 1.62 bits per heavy atom. The number of aromatic nitrogens is 1. The van der Waals surface area contributed by atoms with E-state index < -0.39 is 12.3 Å². The van der Waals surface area contributed by atoms with Gasteiger partial charge in [0.05, 0.1) is 12.1 Å². The van der Waals surface area contributed by atoms with Gasteiger partial charge in [-0.15, -0.1) is 24.5 Å². The Morgan fingerprint density at radius 3 is 2.23 bits per heavy atom. The van der Waals surface area contributed by atoms with Gasteiger partial charge in [-0.1, -0.05) is 35.9 Å². The molecule has 200 valence electrons. The number of nitrogens with one attached hydrogen (secondary N) is 1. The molecule has 0 radical (unpaired) electrons. The smallest absolute Gasteiger partial charge is 0.481 e. The van der Waals surface area contributed by atoms with Gasteiger partial charge in [0.15, 0.2) is 0 Å². The number of carbonyl (C=O) groups excluding carboxylic acids is 1. The van der Waals surface area contributed by atoms with E-state index in [-0.39, 0.29) is 24.6 Å². The van der Waals surface area contributed by atoms with Crippen LogP contribution in [0.3, 0.4) is 0 Å². The molecule has 0 aliphatic carbocycles. The molecule has 1 aromatic heterocycles. The van der Waals surface area contributed by atoms with E-state index in [1.54, 1.807) is 36.4 Å². The molecular weight excluding hydrogens is 553 g/mol. The molecule has 4 rings (SSSR count). The standard InChI is InChI=1S/C28H20ClF3N2O4S/c29-21-9-5-18(6-10-21)23(15-17-1-3-20(4-2-17)26(37)33-14-13-25(35)36)27-34-24(16-39-27)19-7-11-22(12-8-19)38-28(30,31)32/h1-12,15-16H,13-14H2,(H,33,37)(H,35,36). The van der Waals surface area contributed by atoms with Crippen LogP contribution in [0.1, 0.15) is 32.9 Å². The molecule has 0 fully saturated rings. The zero-order valence-corrected chi connectivity index (χ0v) is 21.6. The van der Waals surface area contributed by atoms with Gasteiger partial charge in [0.25, 0.3) is 5.91 Å². The number of alkyl halides is 3. The van der Waals surface area contributed by atoms with E-state index in [9.17, 15) is 22.8 Å². The Labute approximate surface area is 230 Å². The number of hydrogen-bond acceptors (Lipinski definition) is 5. The van der Waals surface area contributed by atoms with E-state index in [1.807, 2.05) is 23.6 Å². The molecule has 3 aromatic carbocycles. The van der Waals surface area contributed by atoms with Crippen molar-refractivity contribution in [1.29, 1.82) is 0 Å². The molecule has 0 saturated carbocycles. The lowest BCUT2D eigenvalue weighted by atomic mass is 10.0. The van der Waals surface area contributed by atoms with Gasteiger partial charge >= 0.3 is 12.3 Å². The summed E-state index contributed by atoms with van der Waals surface area (Å²) in [6.07, 6.45) is -3.04. The minimum absolute atomic E-state index is 0.0288. The van der Waals surface area contributed by atoms with Crippen molar-refractivity contribution >= 4 is 46.5 Å². The Morgan fingerprint density at radius 1 is 0.974 bits per heavy atom. The van der Waals surface area contributed by atoms with E-state index >= 15 is 0 Å². The minimum Gasteiger partial charge on any atom is -0.481 e. The van der Waals surface area contributed by atoms with Crippen LogP contribution >= 0.6 is 22.9 Å². The quantitative estimate of drug-likeness (QED) is 0.208. The van der Waals surface area contributed by atoms with E-state index in [2.05, 4.69) is 10.1 Å². The van der Waals surface area contributed by atoms with Crippen molar-refractivity contribution in [3.8, 4) is 17.0 Å². The van der Waals surface area contributed by atoms with Gasteiger partial charge in [-0.25, -0.2) is 4.98 Å². The number of amides is 1. The number of halogens is 4. The largest absolute Gasteiger partial charge is 0.573 e. The van der Waals surface area contributed by atoms with Crippen LogP contribution in [0.15, 0.2) is 78.2 Å². The normalized spacial score (nSPS) is 11.7. The van der Waals surface area contributed by atoms with Crippen LogP contribution in [-0.4, -0.2) is 34.9 Å². The summed E-state index contributed by atoms with van der Waals surface area (Å²) in [6.45, 7) is 0.0288. The summed E-state index contributed by atoms with van der Waals surface area (Å²) in [6, 6.07) is 19.5. The monoisotopic (exact) mass is 572 g/mol. The first kappa shape index (κ1) is 27.9. The fourth-order valence-corrected chi connectivity index (χ4v) is 4.53. The fourth-order valence-electron chi connectivity index (χ4n) is 3.54. The number of carbonyl (C=O) groups is 2. The van der Waals surface area contributed by atoms with Crippen LogP contribution in [0.4, 0.5) is 13.2 Å². The Balaban J connectivity index is 1.60. The molecule has 0 bridgehead atoms. The zero-order chi connectivity index (χ0) is 28.0. The van der Waals surface area contributed by atoms with Crippen LogP contribution in [-0.2, 0) is 4.79 Å². The summed E-state index contributed by atoms with van der Waals surface area (Å²) in [5.74, 6) is -1.69. The maximum atomic E-state index is 12.5. The van der Waals surface area contributed by atoms with Gasteiger partial charge in [-0.2, -0.15) is 0 Å². The van der Waals surface area contributed by atoms with Crippen molar-refractivity contribution < 1.29 is 32.6 Å². The topological polar surface area (TPSA) is 88.5 Å². The second-order valence-electron chi connectivity index (χ2n) is 8.20. The Hall–Kier alpha value is -4.15. The molecule has 0 saturated heterocycles. The van der Waals surface area contributed by atoms with Crippen molar-refractivity contribution in [2.75, 3.05) is 6.54 Å². The third kappa shape index (κ3) is 7.92. The highest BCUT2D eigenvalue weighted by Gasteiger charge is 2.31. The maximum absolute atomic E-state index is 12.5. The molecule has 0 aliphatic heterocycles. The summed E-state index contributed by atoms with van der Waals surface area (Å²) in [5.41, 5.74) is 4.00. The third-order valence-electron chi connectivity index (χ3n) is 5.38. The van der Waals surface area contributed by atoms with E-state index in [4.69, 9.17) is 21.7 Å². The lowest BCUT2D eigenvalue weighted by Gasteiger charge is -2.09.